The maximum atomic E-state index is 6.07. The molecule has 1 aliphatic heterocycles. The standard InChI is InChI=1S/C16H25NO/c1-11(8-10-17)13-5-6-15-14(12(13)2)7-9-16(3,4)18-15/h5-6,11H,7-10,17H2,1-4H3. The Morgan fingerprint density at radius 2 is 2.11 bits per heavy atom. The molecule has 0 spiro atoms. The zero-order chi connectivity index (χ0) is 13.3. The Morgan fingerprint density at radius 1 is 1.39 bits per heavy atom. The molecule has 1 heterocycles. The first kappa shape index (κ1) is 13.4. The predicted molar refractivity (Wildman–Crippen MR) is 76.3 cm³/mol. The Hall–Kier alpha value is -1.02. The maximum Gasteiger partial charge on any atom is 0.123 e. The summed E-state index contributed by atoms with van der Waals surface area (Å²) in [6.07, 6.45) is 3.26. The van der Waals surface area contributed by atoms with Crippen molar-refractivity contribution in [1.29, 1.82) is 0 Å². The molecular formula is C16H25NO. The van der Waals surface area contributed by atoms with Gasteiger partial charge in [0.15, 0.2) is 0 Å². The average Bonchev–Trinajstić information content (AvgIpc) is 2.28. The van der Waals surface area contributed by atoms with Gasteiger partial charge in [0.2, 0.25) is 0 Å². The summed E-state index contributed by atoms with van der Waals surface area (Å²) >= 11 is 0. The van der Waals surface area contributed by atoms with Crippen LogP contribution in [0.2, 0.25) is 0 Å². The van der Waals surface area contributed by atoms with Crippen molar-refractivity contribution in [2.24, 2.45) is 5.73 Å². The fraction of sp³-hybridized carbons (Fsp3) is 0.625. The maximum absolute atomic E-state index is 6.07. The molecule has 0 radical (unpaired) electrons. The SMILES string of the molecule is Cc1c(C(C)CCN)ccc2c1CCC(C)(C)O2. The summed E-state index contributed by atoms with van der Waals surface area (Å²) < 4.78 is 6.07. The lowest BCUT2D eigenvalue weighted by atomic mass is 9.86. The third kappa shape index (κ3) is 2.54. The predicted octanol–water partition coefficient (Wildman–Crippen LogP) is 3.55. The van der Waals surface area contributed by atoms with E-state index in [1.165, 1.54) is 16.7 Å². The van der Waals surface area contributed by atoms with Gasteiger partial charge in [-0.15, -0.1) is 0 Å². The zero-order valence-electron chi connectivity index (χ0n) is 12.0. The molecule has 0 bridgehead atoms. The van der Waals surface area contributed by atoms with Crippen LogP contribution in [0.15, 0.2) is 12.1 Å². The molecule has 2 N–H and O–H groups in total. The second-order valence-electron chi connectivity index (χ2n) is 6.10. The minimum atomic E-state index is -0.0240. The van der Waals surface area contributed by atoms with E-state index < -0.39 is 0 Å². The molecule has 0 aliphatic carbocycles. The number of fused-ring (bicyclic) bond motifs is 1. The second-order valence-corrected chi connectivity index (χ2v) is 6.10. The van der Waals surface area contributed by atoms with E-state index in [0.29, 0.717) is 5.92 Å². The Morgan fingerprint density at radius 3 is 2.78 bits per heavy atom. The summed E-state index contributed by atoms with van der Waals surface area (Å²) in [6.45, 7) is 9.56. The molecule has 100 valence electrons. The van der Waals surface area contributed by atoms with Crippen LogP contribution in [0.25, 0.3) is 0 Å². The van der Waals surface area contributed by atoms with Crippen LogP contribution in [-0.4, -0.2) is 12.1 Å². The molecule has 2 heteroatoms. The van der Waals surface area contributed by atoms with Crippen LogP contribution in [0.3, 0.4) is 0 Å². The van der Waals surface area contributed by atoms with Crippen LogP contribution in [0.1, 0.15) is 56.2 Å². The van der Waals surface area contributed by atoms with E-state index in [1.807, 2.05) is 0 Å². The molecule has 1 unspecified atom stereocenters. The summed E-state index contributed by atoms with van der Waals surface area (Å²) in [4.78, 5) is 0. The van der Waals surface area contributed by atoms with Crippen LogP contribution in [0.5, 0.6) is 5.75 Å². The molecule has 0 fully saturated rings. The molecule has 0 saturated carbocycles. The van der Waals surface area contributed by atoms with Crippen molar-refractivity contribution in [2.45, 2.75) is 58.5 Å². The van der Waals surface area contributed by atoms with Gasteiger partial charge in [-0.3, -0.25) is 0 Å². The van der Waals surface area contributed by atoms with Crippen molar-refractivity contribution in [2.75, 3.05) is 6.54 Å². The van der Waals surface area contributed by atoms with Crippen molar-refractivity contribution in [3.05, 3.63) is 28.8 Å². The quantitative estimate of drug-likeness (QED) is 0.886. The van der Waals surface area contributed by atoms with Crippen LogP contribution < -0.4 is 10.5 Å². The number of benzene rings is 1. The Bertz CT molecular complexity index is 437. The molecule has 18 heavy (non-hydrogen) atoms. The molecule has 0 aromatic heterocycles. The van der Waals surface area contributed by atoms with Crippen LogP contribution in [0.4, 0.5) is 0 Å². The lowest BCUT2D eigenvalue weighted by molar-refractivity contribution is 0.0844. The van der Waals surface area contributed by atoms with E-state index in [9.17, 15) is 0 Å². The zero-order valence-corrected chi connectivity index (χ0v) is 12.0. The van der Waals surface area contributed by atoms with Gasteiger partial charge >= 0.3 is 0 Å². The Labute approximate surface area is 111 Å². The fourth-order valence-corrected chi connectivity index (χ4v) is 2.87. The summed E-state index contributed by atoms with van der Waals surface area (Å²) in [5.41, 5.74) is 9.88. The van der Waals surface area contributed by atoms with E-state index in [4.69, 9.17) is 10.5 Å². The van der Waals surface area contributed by atoms with Gasteiger partial charge in [0.1, 0.15) is 11.4 Å². The van der Waals surface area contributed by atoms with Gasteiger partial charge in [0.25, 0.3) is 0 Å². The lowest BCUT2D eigenvalue weighted by Crippen LogP contribution is -2.33. The topological polar surface area (TPSA) is 35.2 Å². The normalized spacial score (nSPS) is 18.9. The lowest BCUT2D eigenvalue weighted by Gasteiger charge is -2.34. The number of hydrogen-bond donors (Lipinski definition) is 1. The number of nitrogens with two attached hydrogens (primary N) is 1. The number of ether oxygens (including phenoxy) is 1. The van der Waals surface area contributed by atoms with E-state index in [-0.39, 0.29) is 5.60 Å². The Kier molecular flexibility index (Phi) is 3.67. The molecule has 2 rings (SSSR count). The molecule has 1 aromatic carbocycles. The third-order valence-corrected chi connectivity index (χ3v) is 4.09. The van der Waals surface area contributed by atoms with Crippen LogP contribution in [-0.2, 0) is 6.42 Å². The van der Waals surface area contributed by atoms with Crippen molar-refractivity contribution in [3.8, 4) is 5.75 Å². The van der Waals surface area contributed by atoms with Crippen molar-refractivity contribution >= 4 is 0 Å². The van der Waals surface area contributed by atoms with Gasteiger partial charge in [-0.05, 0) is 75.3 Å². The Balaban J connectivity index is 2.34. The number of rotatable bonds is 3. The molecule has 0 amide bonds. The minimum absolute atomic E-state index is 0.0240. The largest absolute Gasteiger partial charge is 0.488 e. The van der Waals surface area contributed by atoms with E-state index in [1.54, 1.807) is 0 Å². The monoisotopic (exact) mass is 247 g/mol. The number of hydrogen-bond acceptors (Lipinski definition) is 2. The summed E-state index contributed by atoms with van der Waals surface area (Å²) in [5.74, 6) is 1.61. The van der Waals surface area contributed by atoms with Gasteiger partial charge in [-0.25, -0.2) is 0 Å². The molecule has 1 atom stereocenters. The summed E-state index contributed by atoms with van der Waals surface area (Å²) in [6, 6.07) is 4.36. The van der Waals surface area contributed by atoms with Crippen molar-refractivity contribution < 1.29 is 4.74 Å². The van der Waals surface area contributed by atoms with E-state index in [2.05, 4.69) is 39.8 Å². The first-order valence-corrected chi connectivity index (χ1v) is 6.96. The van der Waals surface area contributed by atoms with Crippen molar-refractivity contribution in [1.82, 2.24) is 0 Å². The highest BCUT2D eigenvalue weighted by molar-refractivity contribution is 5.47. The van der Waals surface area contributed by atoms with Crippen LogP contribution >= 0.6 is 0 Å². The highest BCUT2D eigenvalue weighted by atomic mass is 16.5. The van der Waals surface area contributed by atoms with Crippen LogP contribution in [0, 0.1) is 6.92 Å². The summed E-state index contributed by atoms with van der Waals surface area (Å²) in [5, 5.41) is 0. The highest BCUT2D eigenvalue weighted by Gasteiger charge is 2.28. The highest BCUT2D eigenvalue weighted by Crippen LogP contribution is 2.38. The van der Waals surface area contributed by atoms with Gasteiger partial charge in [0, 0.05) is 0 Å². The van der Waals surface area contributed by atoms with E-state index >= 15 is 0 Å². The average molecular weight is 247 g/mol. The molecule has 0 saturated heterocycles. The van der Waals surface area contributed by atoms with Crippen molar-refractivity contribution in [3.63, 3.8) is 0 Å². The molecule has 2 nitrogen and oxygen atoms in total. The van der Waals surface area contributed by atoms with Gasteiger partial charge in [-0.1, -0.05) is 13.0 Å². The van der Waals surface area contributed by atoms with Gasteiger partial charge in [0.05, 0.1) is 0 Å². The first-order chi connectivity index (χ1) is 8.44. The van der Waals surface area contributed by atoms with Gasteiger partial charge in [-0.2, -0.15) is 0 Å². The first-order valence-electron chi connectivity index (χ1n) is 6.96. The molecular weight excluding hydrogens is 222 g/mol. The smallest absolute Gasteiger partial charge is 0.123 e. The minimum Gasteiger partial charge on any atom is -0.488 e. The molecule has 1 aliphatic rings. The van der Waals surface area contributed by atoms with E-state index in [0.717, 1.165) is 31.6 Å². The second kappa shape index (κ2) is 4.93. The molecule has 1 aromatic rings. The summed E-state index contributed by atoms with van der Waals surface area (Å²) in [7, 11) is 0. The van der Waals surface area contributed by atoms with Gasteiger partial charge < -0.3 is 10.5 Å². The third-order valence-electron chi connectivity index (χ3n) is 4.09. The fourth-order valence-electron chi connectivity index (χ4n) is 2.87.